The Morgan fingerprint density at radius 1 is 1.30 bits per heavy atom. The summed E-state index contributed by atoms with van der Waals surface area (Å²) in [5.41, 5.74) is 0.510. The van der Waals surface area contributed by atoms with Gasteiger partial charge in [0.15, 0.2) is 17.5 Å². The molecule has 10 heteroatoms. The number of aliphatic imine (C=N–C) groups is 1. The van der Waals surface area contributed by atoms with Gasteiger partial charge in [0.2, 0.25) is 0 Å². The van der Waals surface area contributed by atoms with Crippen LogP contribution >= 0.6 is 35.6 Å². The molecule has 1 aromatic rings. The highest BCUT2D eigenvalue weighted by Crippen LogP contribution is 2.38. The SMILES string of the molecule is CC(C)(C)OC(=O)N1CCN2C(NCc3cc(Cl)c4c(c3)OCCO4)=NCC2C1.I. The summed E-state index contributed by atoms with van der Waals surface area (Å²) in [5, 5.41) is 3.95. The van der Waals surface area contributed by atoms with Crippen molar-refractivity contribution in [1.29, 1.82) is 0 Å². The lowest BCUT2D eigenvalue weighted by molar-refractivity contribution is 0.0137. The molecular formula is C20H28ClIN4O4. The zero-order valence-electron chi connectivity index (χ0n) is 17.4. The number of hydrogen-bond acceptors (Lipinski definition) is 7. The molecule has 1 atom stereocenters. The van der Waals surface area contributed by atoms with E-state index in [0.29, 0.717) is 55.9 Å². The molecule has 0 radical (unpaired) electrons. The number of piperazine rings is 1. The molecule has 1 amide bonds. The van der Waals surface area contributed by atoms with E-state index in [2.05, 4.69) is 15.2 Å². The first-order chi connectivity index (χ1) is 13.8. The Morgan fingerprint density at radius 2 is 2.07 bits per heavy atom. The van der Waals surface area contributed by atoms with E-state index in [0.717, 1.165) is 18.1 Å². The van der Waals surface area contributed by atoms with E-state index in [4.69, 9.17) is 25.8 Å². The van der Waals surface area contributed by atoms with Crippen LogP contribution in [0.1, 0.15) is 26.3 Å². The number of amides is 1. The molecule has 8 nitrogen and oxygen atoms in total. The predicted molar refractivity (Wildman–Crippen MR) is 125 cm³/mol. The number of carbonyl (C=O) groups excluding carboxylic acids is 1. The van der Waals surface area contributed by atoms with Crippen LogP contribution in [-0.2, 0) is 11.3 Å². The smallest absolute Gasteiger partial charge is 0.410 e. The number of fused-ring (bicyclic) bond motifs is 2. The molecule has 0 aromatic heterocycles. The van der Waals surface area contributed by atoms with E-state index in [1.54, 1.807) is 4.90 Å². The Balaban J connectivity index is 0.00000256. The molecule has 0 saturated carbocycles. The normalized spacial score (nSPS) is 20.1. The van der Waals surface area contributed by atoms with Crippen LogP contribution in [0.25, 0.3) is 0 Å². The minimum absolute atomic E-state index is 0. The Morgan fingerprint density at radius 3 is 2.83 bits per heavy atom. The first-order valence-electron chi connectivity index (χ1n) is 9.91. The lowest BCUT2D eigenvalue weighted by atomic mass is 10.2. The molecule has 0 spiro atoms. The average molecular weight is 551 g/mol. The summed E-state index contributed by atoms with van der Waals surface area (Å²) >= 11 is 6.32. The average Bonchev–Trinajstić information content (AvgIpc) is 3.07. The monoisotopic (exact) mass is 550 g/mol. The Labute approximate surface area is 198 Å². The third-order valence-electron chi connectivity index (χ3n) is 4.97. The number of nitrogens with one attached hydrogen (secondary N) is 1. The molecule has 4 rings (SSSR count). The van der Waals surface area contributed by atoms with Crippen LogP contribution < -0.4 is 14.8 Å². The first kappa shape index (κ1) is 23.1. The number of halogens is 2. The van der Waals surface area contributed by atoms with Gasteiger partial charge in [-0.3, -0.25) is 4.99 Å². The molecule has 0 aliphatic carbocycles. The number of carbonyl (C=O) groups is 1. The molecule has 3 heterocycles. The summed E-state index contributed by atoms with van der Waals surface area (Å²) in [6.07, 6.45) is -0.260. The van der Waals surface area contributed by atoms with Crippen LogP contribution in [0, 0.1) is 0 Å². The topological polar surface area (TPSA) is 75.6 Å². The quantitative estimate of drug-likeness (QED) is 0.571. The summed E-state index contributed by atoms with van der Waals surface area (Å²) in [6.45, 7) is 9.86. The van der Waals surface area contributed by atoms with Crippen molar-refractivity contribution in [3.05, 3.63) is 22.7 Å². The number of benzene rings is 1. The molecule has 3 aliphatic rings. The minimum atomic E-state index is -0.488. The van der Waals surface area contributed by atoms with Gasteiger partial charge in [0.1, 0.15) is 18.8 Å². The summed E-state index contributed by atoms with van der Waals surface area (Å²) in [6, 6.07) is 4.00. The van der Waals surface area contributed by atoms with Gasteiger partial charge in [0, 0.05) is 26.2 Å². The van der Waals surface area contributed by atoms with Gasteiger partial charge < -0.3 is 29.3 Å². The number of nitrogens with zero attached hydrogens (tertiary/aromatic N) is 3. The van der Waals surface area contributed by atoms with Crippen molar-refractivity contribution < 1.29 is 19.0 Å². The highest BCUT2D eigenvalue weighted by atomic mass is 127. The van der Waals surface area contributed by atoms with E-state index >= 15 is 0 Å². The third-order valence-corrected chi connectivity index (χ3v) is 5.25. The molecule has 30 heavy (non-hydrogen) atoms. The van der Waals surface area contributed by atoms with Crippen molar-refractivity contribution in [2.45, 2.75) is 39.0 Å². The fourth-order valence-electron chi connectivity index (χ4n) is 3.67. The van der Waals surface area contributed by atoms with E-state index in [1.807, 2.05) is 32.9 Å². The van der Waals surface area contributed by atoms with Crippen molar-refractivity contribution in [3.63, 3.8) is 0 Å². The van der Waals surface area contributed by atoms with Gasteiger partial charge in [-0.25, -0.2) is 4.79 Å². The van der Waals surface area contributed by atoms with Crippen molar-refractivity contribution >= 4 is 47.6 Å². The van der Waals surface area contributed by atoms with Gasteiger partial charge in [0.25, 0.3) is 0 Å². The van der Waals surface area contributed by atoms with Crippen LogP contribution in [0.2, 0.25) is 5.02 Å². The molecule has 1 saturated heterocycles. The summed E-state index contributed by atoms with van der Waals surface area (Å²) in [4.78, 5) is 21.0. The summed E-state index contributed by atoms with van der Waals surface area (Å²) in [7, 11) is 0. The fourth-order valence-corrected chi connectivity index (χ4v) is 3.96. The van der Waals surface area contributed by atoms with Crippen LogP contribution in [-0.4, -0.2) is 72.9 Å². The van der Waals surface area contributed by atoms with Crippen molar-refractivity contribution in [2.24, 2.45) is 4.99 Å². The number of rotatable bonds is 2. The highest BCUT2D eigenvalue weighted by molar-refractivity contribution is 14.0. The van der Waals surface area contributed by atoms with Crippen LogP contribution in [0.4, 0.5) is 4.79 Å². The molecule has 0 bridgehead atoms. The minimum Gasteiger partial charge on any atom is -0.486 e. The van der Waals surface area contributed by atoms with Gasteiger partial charge in [-0.05, 0) is 38.5 Å². The Bertz CT molecular complexity index is 830. The molecule has 1 aromatic carbocycles. The molecule has 1 N–H and O–H groups in total. The van der Waals surface area contributed by atoms with E-state index in [1.165, 1.54) is 0 Å². The summed E-state index contributed by atoms with van der Waals surface area (Å²) < 4.78 is 16.7. The van der Waals surface area contributed by atoms with Gasteiger partial charge in [-0.1, -0.05) is 11.6 Å². The van der Waals surface area contributed by atoms with Crippen LogP contribution in [0.15, 0.2) is 17.1 Å². The molecule has 1 unspecified atom stereocenters. The second-order valence-corrected chi connectivity index (χ2v) is 8.80. The van der Waals surface area contributed by atoms with Gasteiger partial charge in [-0.15, -0.1) is 24.0 Å². The van der Waals surface area contributed by atoms with Crippen molar-refractivity contribution in [1.82, 2.24) is 15.1 Å². The Hall–Kier alpha value is -1.62. The second kappa shape index (κ2) is 9.25. The van der Waals surface area contributed by atoms with Gasteiger partial charge in [-0.2, -0.15) is 0 Å². The van der Waals surface area contributed by atoms with Crippen molar-refractivity contribution in [3.8, 4) is 11.5 Å². The molecular weight excluding hydrogens is 523 g/mol. The van der Waals surface area contributed by atoms with Crippen LogP contribution in [0.5, 0.6) is 11.5 Å². The van der Waals surface area contributed by atoms with E-state index in [9.17, 15) is 4.79 Å². The number of ether oxygens (including phenoxy) is 3. The third kappa shape index (κ3) is 5.16. The van der Waals surface area contributed by atoms with Crippen molar-refractivity contribution in [2.75, 3.05) is 39.4 Å². The highest BCUT2D eigenvalue weighted by Gasteiger charge is 2.36. The van der Waals surface area contributed by atoms with Crippen LogP contribution in [0.3, 0.4) is 0 Å². The molecule has 3 aliphatic heterocycles. The van der Waals surface area contributed by atoms with Gasteiger partial charge in [0.05, 0.1) is 17.6 Å². The largest absolute Gasteiger partial charge is 0.486 e. The maximum atomic E-state index is 12.3. The zero-order valence-corrected chi connectivity index (χ0v) is 20.5. The standard InChI is InChI=1S/C20H27ClN4O4.HI/c1-20(2,3)29-19(26)24-4-5-25-14(12-24)11-23-18(25)22-10-13-8-15(21)17-16(9-13)27-6-7-28-17;/h8-9,14H,4-7,10-12H2,1-3H3,(H,22,23);1H. The maximum Gasteiger partial charge on any atom is 0.410 e. The number of guanidine groups is 1. The second-order valence-electron chi connectivity index (χ2n) is 8.39. The lowest BCUT2D eigenvalue weighted by Gasteiger charge is -2.39. The zero-order chi connectivity index (χ0) is 20.6. The summed E-state index contributed by atoms with van der Waals surface area (Å²) in [5.74, 6) is 2.14. The number of hydrogen-bond donors (Lipinski definition) is 1. The lowest BCUT2D eigenvalue weighted by Crippen LogP contribution is -2.57. The molecule has 166 valence electrons. The van der Waals surface area contributed by atoms with E-state index in [-0.39, 0.29) is 36.1 Å². The maximum absolute atomic E-state index is 12.3. The Kier molecular flexibility index (Phi) is 7.11. The first-order valence-corrected chi connectivity index (χ1v) is 10.3. The fraction of sp³-hybridized carbons (Fsp3) is 0.600. The van der Waals surface area contributed by atoms with Gasteiger partial charge >= 0.3 is 6.09 Å². The molecule has 1 fully saturated rings. The predicted octanol–water partition coefficient (Wildman–Crippen LogP) is 3.11. The van der Waals surface area contributed by atoms with E-state index < -0.39 is 5.60 Å².